The molecule has 1 saturated carbocycles. The predicted molar refractivity (Wildman–Crippen MR) is 78.6 cm³/mol. The van der Waals surface area contributed by atoms with Crippen molar-refractivity contribution in [1.82, 2.24) is 9.88 Å². The highest BCUT2D eigenvalue weighted by Gasteiger charge is 2.32. The molecular formula is C16H20N2O2. The van der Waals surface area contributed by atoms with Gasteiger partial charge in [-0.2, -0.15) is 0 Å². The lowest BCUT2D eigenvalue weighted by Gasteiger charge is -2.21. The van der Waals surface area contributed by atoms with Crippen LogP contribution < -0.4 is 0 Å². The van der Waals surface area contributed by atoms with Crippen LogP contribution in [0.3, 0.4) is 0 Å². The number of carbonyl (C=O) groups is 1. The molecule has 2 aromatic rings. The minimum Gasteiger partial charge on any atom is -0.395 e. The van der Waals surface area contributed by atoms with E-state index in [1.54, 1.807) is 0 Å². The van der Waals surface area contributed by atoms with Crippen molar-refractivity contribution in [3.05, 3.63) is 35.5 Å². The quantitative estimate of drug-likeness (QED) is 0.874. The lowest BCUT2D eigenvalue weighted by Crippen LogP contribution is -2.36. The summed E-state index contributed by atoms with van der Waals surface area (Å²) in [6.07, 6.45) is 2.55. The number of hydrogen-bond donors (Lipinski definition) is 2. The van der Waals surface area contributed by atoms with Crippen molar-refractivity contribution in [3.63, 3.8) is 0 Å². The van der Waals surface area contributed by atoms with E-state index in [1.165, 1.54) is 0 Å². The molecule has 1 aromatic carbocycles. The van der Waals surface area contributed by atoms with Crippen LogP contribution in [0.15, 0.2) is 24.3 Å². The van der Waals surface area contributed by atoms with Crippen molar-refractivity contribution >= 4 is 16.8 Å². The Bertz CT molecular complexity index is 628. The molecule has 1 aromatic heterocycles. The molecule has 4 nitrogen and oxygen atoms in total. The van der Waals surface area contributed by atoms with Crippen molar-refractivity contribution in [3.8, 4) is 0 Å². The zero-order chi connectivity index (χ0) is 14.1. The van der Waals surface area contributed by atoms with Gasteiger partial charge in [-0.15, -0.1) is 0 Å². The highest BCUT2D eigenvalue weighted by Crippen LogP contribution is 2.28. The molecule has 3 rings (SSSR count). The monoisotopic (exact) mass is 272 g/mol. The van der Waals surface area contributed by atoms with E-state index in [0.29, 0.717) is 19.0 Å². The van der Waals surface area contributed by atoms with Gasteiger partial charge in [-0.3, -0.25) is 4.79 Å². The molecule has 20 heavy (non-hydrogen) atoms. The van der Waals surface area contributed by atoms with Gasteiger partial charge < -0.3 is 15.0 Å². The molecule has 1 aliphatic rings. The molecule has 1 fully saturated rings. The molecule has 1 amide bonds. The lowest BCUT2D eigenvalue weighted by molar-refractivity contribution is -0.131. The smallest absolute Gasteiger partial charge is 0.227 e. The Hall–Kier alpha value is -1.81. The second-order valence-corrected chi connectivity index (χ2v) is 5.49. The number of hydrogen-bond acceptors (Lipinski definition) is 2. The summed E-state index contributed by atoms with van der Waals surface area (Å²) in [4.78, 5) is 17.6. The van der Waals surface area contributed by atoms with E-state index in [0.717, 1.165) is 35.0 Å². The fraction of sp³-hybridized carbons (Fsp3) is 0.438. The van der Waals surface area contributed by atoms with Gasteiger partial charge in [-0.25, -0.2) is 0 Å². The number of benzene rings is 1. The molecule has 0 saturated heterocycles. The van der Waals surface area contributed by atoms with Gasteiger partial charge in [-0.05, 0) is 31.4 Å². The number of para-hydroxylation sites is 1. The molecular weight excluding hydrogens is 252 g/mol. The third-order valence-electron chi connectivity index (χ3n) is 4.00. The summed E-state index contributed by atoms with van der Waals surface area (Å²) >= 11 is 0. The SMILES string of the molecule is Cc1[nH]c2ccccc2c1CC(=O)N(CCO)C1CC1. The number of aliphatic hydroxyl groups excluding tert-OH is 1. The van der Waals surface area contributed by atoms with E-state index in [1.807, 2.05) is 30.0 Å². The molecule has 106 valence electrons. The minimum atomic E-state index is 0.0368. The first-order chi connectivity index (χ1) is 9.70. The highest BCUT2D eigenvalue weighted by atomic mass is 16.3. The van der Waals surface area contributed by atoms with Crippen LogP contribution in [0, 0.1) is 6.92 Å². The lowest BCUT2D eigenvalue weighted by atomic mass is 10.1. The molecule has 0 atom stereocenters. The summed E-state index contributed by atoms with van der Waals surface area (Å²) in [6.45, 7) is 2.50. The van der Waals surface area contributed by atoms with E-state index >= 15 is 0 Å². The molecule has 0 bridgehead atoms. The van der Waals surface area contributed by atoms with Crippen LogP contribution in [0.5, 0.6) is 0 Å². The number of aromatic nitrogens is 1. The largest absolute Gasteiger partial charge is 0.395 e. The zero-order valence-corrected chi connectivity index (χ0v) is 11.7. The first-order valence-corrected chi connectivity index (χ1v) is 7.17. The van der Waals surface area contributed by atoms with Crippen LogP contribution in [0.1, 0.15) is 24.1 Å². The molecule has 0 aliphatic heterocycles. The van der Waals surface area contributed by atoms with Gasteiger partial charge in [0.25, 0.3) is 0 Å². The Kier molecular flexibility index (Phi) is 3.49. The van der Waals surface area contributed by atoms with E-state index in [9.17, 15) is 4.79 Å². The fourth-order valence-corrected chi connectivity index (χ4v) is 2.82. The van der Waals surface area contributed by atoms with E-state index in [4.69, 9.17) is 5.11 Å². The Morgan fingerprint density at radius 2 is 2.15 bits per heavy atom. The number of aliphatic hydroxyl groups is 1. The summed E-state index contributed by atoms with van der Waals surface area (Å²) < 4.78 is 0. The topological polar surface area (TPSA) is 56.3 Å². The Balaban J connectivity index is 1.84. The molecule has 0 unspecified atom stereocenters. The van der Waals surface area contributed by atoms with Gasteiger partial charge in [0, 0.05) is 29.2 Å². The Morgan fingerprint density at radius 1 is 1.40 bits per heavy atom. The average molecular weight is 272 g/mol. The third kappa shape index (κ3) is 2.43. The summed E-state index contributed by atoms with van der Waals surface area (Å²) in [5.74, 6) is 0.120. The number of carbonyl (C=O) groups excluding carboxylic acids is 1. The normalized spacial score (nSPS) is 14.7. The maximum Gasteiger partial charge on any atom is 0.227 e. The first kappa shape index (κ1) is 13.2. The first-order valence-electron chi connectivity index (χ1n) is 7.17. The molecule has 0 radical (unpaired) electrons. The van der Waals surface area contributed by atoms with E-state index in [-0.39, 0.29) is 12.5 Å². The van der Waals surface area contributed by atoms with Crippen LogP contribution in [-0.2, 0) is 11.2 Å². The summed E-state index contributed by atoms with van der Waals surface area (Å²) in [7, 11) is 0. The Morgan fingerprint density at radius 3 is 2.85 bits per heavy atom. The van der Waals surface area contributed by atoms with Gasteiger partial charge in [-0.1, -0.05) is 18.2 Å². The van der Waals surface area contributed by atoms with Crippen molar-refractivity contribution in [2.45, 2.75) is 32.2 Å². The van der Waals surface area contributed by atoms with Crippen molar-refractivity contribution in [2.24, 2.45) is 0 Å². The third-order valence-corrected chi connectivity index (χ3v) is 4.00. The summed E-state index contributed by atoms with van der Waals surface area (Å²) in [5.41, 5.74) is 3.21. The van der Waals surface area contributed by atoms with Gasteiger partial charge in [0.05, 0.1) is 13.0 Å². The van der Waals surface area contributed by atoms with Crippen molar-refractivity contribution in [1.29, 1.82) is 0 Å². The summed E-state index contributed by atoms with van der Waals surface area (Å²) in [6, 6.07) is 8.42. The number of amides is 1. The molecule has 2 N–H and O–H groups in total. The maximum absolute atomic E-state index is 12.5. The van der Waals surface area contributed by atoms with Crippen LogP contribution in [0.25, 0.3) is 10.9 Å². The van der Waals surface area contributed by atoms with Crippen LogP contribution in [-0.4, -0.2) is 40.1 Å². The van der Waals surface area contributed by atoms with Crippen molar-refractivity contribution < 1.29 is 9.90 Å². The van der Waals surface area contributed by atoms with Gasteiger partial charge >= 0.3 is 0 Å². The van der Waals surface area contributed by atoms with Crippen LogP contribution in [0.2, 0.25) is 0 Å². The maximum atomic E-state index is 12.5. The second kappa shape index (κ2) is 5.29. The van der Waals surface area contributed by atoms with Crippen LogP contribution in [0.4, 0.5) is 0 Å². The minimum absolute atomic E-state index is 0.0368. The predicted octanol–water partition coefficient (Wildman–Crippen LogP) is 2.00. The standard InChI is InChI=1S/C16H20N2O2/c1-11-14(13-4-2-3-5-15(13)17-11)10-16(20)18(8-9-19)12-6-7-12/h2-5,12,17,19H,6-10H2,1H3. The number of aryl methyl sites for hydroxylation is 1. The molecule has 1 aliphatic carbocycles. The van der Waals surface area contributed by atoms with E-state index < -0.39 is 0 Å². The number of nitrogens with zero attached hydrogens (tertiary/aromatic N) is 1. The summed E-state index contributed by atoms with van der Waals surface area (Å²) in [5, 5.41) is 10.2. The molecule has 1 heterocycles. The average Bonchev–Trinajstić information content (AvgIpc) is 3.22. The number of H-pyrrole nitrogens is 1. The number of fused-ring (bicyclic) bond motifs is 1. The number of nitrogens with one attached hydrogen (secondary N) is 1. The van der Waals surface area contributed by atoms with Gasteiger partial charge in [0.1, 0.15) is 0 Å². The van der Waals surface area contributed by atoms with Gasteiger partial charge in [0.15, 0.2) is 0 Å². The number of aromatic amines is 1. The zero-order valence-electron chi connectivity index (χ0n) is 11.7. The highest BCUT2D eigenvalue weighted by molar-refractivity contribution is 5.90. The number of rotatable bonds is 5. The second-order valence-electron chi connectivity index (χ2n) is 5.49. The van der Waals surface area contributed by atoms with Crippen molar-refractivity contribution in [2.75, 3.05) is 13.2 Å². The van der Waals surface area contributed by atoms with Gasteiger partial charge in [0.2, 0.25) is 5.91 Å². The van der Waals surface area contributed by atoms with Crippen LogP contribution >= 0.6 is 0 Å². The molecule has 0 spiro atoms. The molecule has 4 heteroatoms. The fourth-order valence-electron chi connectivity index (χ4n) is 2.82. The Labute approximate surface area is 118 Å². The van der Waals surface area contributed by atoms with E-state index in [2.05, 4.69) is 11.1 Å².